The van der Waals surface area contributed by atoms with E-state index in [1.54, 1.807) is 18.2 Å². The molecule has 0 aliphatic heterocycles. The van der Waals surface area contributed by atoms with Crippen molar-refractivity contribution in [2.24, 2.45) is 5.92 Å². The number of carbonyl (C=O) groups is 2. The fourth-order valence-electron chi connectivity index (χ4n) is 2.44. The Morgan fingerprint density at radius 1 is 1.04 bits per heavy atom. The molecule has 0 aromatic heterocycles. The molecule has 0 fully saturated rings. The maximum Gasteiger partial charge on any atom is 0.338 e. The first-order valence-corrected chi connectivity index (χ1v) is 9.15. The number of anilines is 1. The largest absolute Gasteiger partial charge is 0.493 e. The van der Waals surface area contributed by atoms with Crippen LogP contribution >= 0.6 is 0 Å². The maximum absolute atomic E-state index is 12.3. The highest BCUT2D eigenvalue weighted by Crippen LogP contribution is 2.28. The lowest BCUT2D eigenvalue weighted by atomic mass is 10.1. The first-order valence-electron chi connectivity index (χ1n) is 9.15. The van der Waals surface area contributed by atoms with Crippen molar-refractivity contribution in [2.75, 3.05) is 25.6 Å². The van der Waals surface area contributed by atoms with Crippen molar-refractivity contribution in [3.05, 3.63) is 53.1 Å². The molecule has 6 nitrogen and oxygen atoms in total. The summed E-state index contributed by atoms with van der Waals surface area (Å²) < 4.78 is 16.1. The number of benzene rings is 2. The summed E-state index contributed by atoms with van der Waals surface area (Å²) in [7, 11) is 1.50. The first kappa shape index (κ1) is 21.3. The minimum Gasteiger partial charge on any atom is -0.493 e. The zero-order chi connectivity index (χ0) is 20.7. The second-order valence-electron chi connectivity index (χ2n) is 7.01. The van der Waals surface area contributed by atoms with Crippen LogP contribution in [-0.4, -0.2) is 32.2 Å². The molecule has 0 bridgehead atoms. The maximum atomic E-state index is 12.3. The molecule has 0 unspecified atom stereocenters. The highest BCUT2D eigenvalue weighted by molar-refractivity contribution is 5.96. The summed E-state index contributed by atoms with van der Waals surface area (Å²) in [6.07, 6.45) is 0. The highest BCUT2D eigenvalue weighted by atomic mass is 16.5. The SMILES string of the molecule is COc1cc(C(=O)OCC(=O)Nc2cc(C)ccc2C)ccc1OCC(C)C. The van der Waals surface area contributed by atoms with Crippen molar-refractivity contribution >= 4 is 17.6 Å². The molecule has 2 aromatic carbocycles. The Kier molecular flexibility index (Phi) is 7.44. The van der Waals surface area contributed by atoms with Crippen molar-refractivity contribution in [2.45, 2.75) is 27.7 Å². The second-order valence-corrected chi connectivity index (χ2v) is 7.01. The molecule has 1 N–H and O–H groups in total. The number of ether oxygens (including phenoxy) is 3. The van der Waals surface area contributed by atoms with Gasteiger partial charge < -0.3 is 19.5 Å². The lowest BCUT2D eigenvalue weighted by molar-refractivity contribution is -0.119. The van der Waals surface area contributed by atoms with Crippen LogP contribution in [0.5, 0.6) is 11.5 Å². The molecule has 0 spiro atoms. The molecular weight excluding hydrogens is 358 g/mol. The molecule has 2 aromatic rings. The van der Waals surface area contributed by atoms with Crippen LogP contribution in [0.1, 0.15) is 35.3 Å². The van der Waals surface area contributed by atoms with Gasteiger partial charge in [0.2, 0.25) is 0 Å². The van der Waals surface area contributed by atoms with Crippen LogP contribution in [0.15, 0.2) is 36.4 Å². The Labute approximate surface area is 165 Å². The summed E-state index contributed by atoms with van der Waals surface area (Å²) in [6, 6.07) is 10.5. The van der Waals surface area contributed by atoms with E-state index in [4.69, 9.17) is 14.2 Å². The van der Waals surface area contributed by atoms with E-state index in [1.807, 2.05) is 45.9 Å². The third kappa shape index (κ3) is 6.01. The average molecular weight is 385 g/mol. The zero-order valence-electron chi connectivity index (χ0n) is 17.0. The molecule has 0 heterocycles. The highest BCUT2D eigenvalue weighted by Gasteiger charge is 2.15. The number of carbonyl (C=O) groups excluding carboxylic acids is 2. The van der Waals surface area contributed by atoms with E-state index in [-0.39, 0.29) is 12.2 Å². The monoisotopic (exact) mass is 385 g/mol. The van der Waals surface area contributed by atoms with E-state index in [0.29, 0.717) is 29.7 Å². The van der Waals surface area contributed by atoms with Crippen LogP contribution in [0.25, 0.3) is 0 Å². The van der Waals surface area contributed by atoms with Crippen molar-refractivity contribution in [3.8, 4) is 11.5 Å². The molecule has 2 rings (SSSR count). The quantitative estimate of drug-likeness (QED) is 0.691. The van der Waals surface area contributed by atoms with E-state index >= 15 is 0 Å². The van der Waals surface area contributed by atoms with E-state index in [1.165, 1.54) is 7.11 Å². The number of methoxy groups -OCH3 is 1. The first-order chi connectivity index (χ1) is 13.3. The van der Waals surface area contributed by atoms with Gasteiger partial charge in [-0.2, -0.15) is 0 Å². The number of hydrogen-bond acceptors (Lipinski definition) is 5. The molecule has 150 valence electrons. The molecule has 28 heavy (non-hydrogen) atoms. The van der Waals surface area contributed by atoms with Crippen molar-refractivity contribution in [1.82, 2.24) is 0 Å². The summed E-state index contributed by atoms with van der Waals surface area (Å²) in [5.74, 6) is 0.357. The fourth-order valence-corrected chi connectivity index (χ4v) is 2.44. The van der Waals surface area contributed by atoms with Crippen LogP contribution in [0.3, 0.4) is 0 Å². The molecule has 0 aliphatic carbocycles. The summed E-state index contributed by atoms with van der Waals surface area (Å²) in [5, 5.41) is 2.76. The minimum atomic E-state index is -0.607. The van der Waals surface area contributed by atoms with E-state index in [0.717, 1.165) is 11.1 Å². The van der Waals surface area contributed by atoms with Gasteiger partial charge in [0.05, 0.1) is 19.3 Å². The number of hydrogen-bond donors (Lipinski definition) is 1. The van der Waals surface area contributed by atoms with Crippen molar-refractivity contribution in [1.29, 1.82) is 0 Å². The predicted molar refractivity (Wildman–Crippen MR) is 108 cm³/mol. The average Bonchev–Trinajstić information content (AvgIpc) is 2.67. The van der Waals surface area contributed by atoms with Crippen molar-refractivity contribution < 1.29 is 23.8 Å². The summed E-state index contributed by atoms with van der Waals surface area (Å²) >= 11 is 0. The van der Waals surface area contributed by atoms with Gasteiger partial charge in [-0.15, -0.1) is 0 Å². The fraction of sp³-hybridized carbons (Fsp3) is 0.364. The Bertz CT molecular complexity index is 845. The van der Waals surface area contributed by atoms with Gasteiger partial charge in [0.1, 0.15) is 0 Å². The smallest absolute Gasteiger partial charge is 0.338 e. The molecule has 0 radical (unpaired) electrons. The van der Waals surface area contributed by atoms with E-state index in [9.17, 15) is 9.59 Å². The third-order valence-electron chi connectivity index (χ3n) is 3.97. The Morgan fingerprint density at radius 2 is 1.79 bits per heavy atom. The normalized spacial score (nSPS) is 10.5. The number of amides is 1. The van der Waals surface area contributed by atoms with Gasteiger partial charge in [0, 0.05) is 5.69 Å². The Hall–Kier alpha value is -3.02. The molecule has 0 aliphatic rings. The molecule has 0 saturated heterocycles. The minimum absolute atomic E-state index is 0.285. The summed E-state index contributed by atoms with van der Waals surface area (Å²) in [5.41, 5.74) is 2.96. The standard InChI is InChI=1S/C22H27NO5/c1-14(2)12-27-19-9-8-17(11-20(19)26-5)22(25)28-13-21(24)23-18-10-15(3)6-7-16(18)4/h6-11,14H,12-13H2,1-5H3,(H,23,24). The van der Waals surface area contributed by atoms with Gasteiger partial charge in [0.15, 0.2) is 18.1 Å². The molecule has 6 heteroatoms. The van der Waals surface area contributed by atoms with Crippen LogP contribution in [-0.2, 0) is 9.53 Å². The van der Waals surface area contributed by atoms with Crippen LogP contribution in [0.4, 0.5) is 5.69 Å². The molecule has 0 atom stereocenters. The number of aryl methyl sites for hydroxylation is 2. The van der Waals surface area contributed by atoms with Gasteiger partial charge >= 0.3 is 5.97 Å². The summed E-state index contributed by atoms with van der Waals surface area (Å²) in [4.78, 5) is 24.4. The third-order valence-corrected chi connectivity index (χ3v) is 3.97. The zero-order valence-corrected chi connectivity index (χ0v) is 17.0. The van der Waals surface area contributed by atoms with Crippen molar-refractivity contribution in [3.63, 3.8) is 0 Å². The lowest BCUT2D eigenvalue weighted by Crippen LogP contribution is -2.21. The topological polar surface area (TPSA) is 73.9 Å². The van der Waals surface area contributed by atoms with Gasteiger partial charge in [-0.1, -0.05) is 26.0 Å². The van der Waals surface area contributed by atoms with Gasteiger partial charge in [-0.25, -0.2) is 4.79 Å². The van der Waals surface area contributed by atoms with Gasteiger partial charge in [-0.3, -0.25) is 4.79 Å². The molecule has 0 saturated carbocycles. The molecular formula is C22H27NO5. The number of nitrogens with one attached hydrogen (secondary N) is 1. The van der Waals surface area contributed by atoms with Crippen LogP contribution in [0, 0.1) is 19.8 Å². The van der Waals surface area contributed by atoms with Gasteiger partial charge in [-0.05, 0) is 55.2 Å². The van der Waals surface area contributed by atoms with E-state index < -0.39 is 11.9 Å². The Balaban J connectivity index is 1.96. The lowest BCUT2D eigenvalue weighted by Gasteiger charge is -2.13. The predicted octanol–water partition coefficient (Wildman–Crippen LogP) is 4.14. The Morgan fingerprint density at radius 3 is 2.46 bits per heavy atom. The second kappa shape index (κ2) is 9.78. The number of rotatable bonds is 8. The van der Waals surface area contributed by atoms with Gasteiger partial charge in [0.25, 0.3) is 5.91 Å². The molecule has 1 amide bonds. The van der Waals surface area contributed by atoms with E-state index in [2.05, 4.69) is 5.32 Å². The van der Waals surface area contributed by atoms with Crippen LogP contribution in [0.2, 0.25) is 0 Å². The summed E-state index contributed by atoms with van der Waals surface area (Å²) in [6.45, 7) is 8.09. The number of esters is 1. The van der Waals surface area contributed by atoms with Crippen LogP contribution < -0.4 is 14.8 Å².